The molecule has 0 bridgehead atoms. The van der Waals surface area contributed by atoms with Crippen molar-refractivity contribution in [1.29, 1.82) is 0 Å². The minimum Gasteiger partial charge on any atom is -0.386 e. The third-order valence-electron chi connectivity index (χ3n) is 4.27. The molecule has 0 saturated heterocycles. The molecule has 0 aromatic heterocycles. The zero-order chi connectivity index (χ0) is 22.4. The van der Waals surface area contributed by atoms with Crippen molar-refractivity contribution in [1.82, 2.24) is 26.6 Å². The van der Waals surface area contributed by atoms with Crippen molar-refractivity contribution in [2.24, 2.45) is 0 Å². The highest BCUT2D eigenvalue weighted by Crippen LogP contribution is 2.09. The highest BCUT2D eigenvalue weighted by molar-refractivity contribution is 7.80. The lowest BCUT2D eigenvalue weighted by molar-refractivity contribution is 0.575. The first-order chi connectivity index (χ1) is 14.3. The van der Waals surface area contributed by atoms with Crippen LogP contribution in [0.2, 0.25) is 0 Å². The molecule has 0 aliphatic carbocycles. The van der Waals surface area contributed by atoms with Gasteiger partial charge in [0.1, 0.15) is 0 Å². The van der Waals surface area contributed by atoms with E-state index in [2.05, 4.69) is 84.2 Å². The largest absolute Gasteiger partial charge is 0.386 e. The van der Waals surface area contributed by atoms with Crippen molar-refractivity contribution in [3.63, 3.8) is 0 Å². The van der Waals surface area contributed by atoms with Crippen LogP contribution in [-0.4, -0.2) is 37.5 Å². The first-order valence-corrected chi connectivity index (χ1v) is 10.6. The molecule has 0 spiro atoms. The van der Waals surface area contributed by atoms with Crippen LogP contribution in [0.1, 0.15) is 12.5 Å². The van der Waals surface area contributed by atoms with Crippen LogP contribution in [0.25, 0.3) is 0 Å². The van der Waals surface area contributed by atoms with E-state index in [4.69, 9.17) is 0 Å². The van der Waals surface area contributed by atoms with Gasteiger partial charge in [-0.25, -0.2) is 0 Å². The van der Waals surface area contributed by atoms with Crippen LogP contribution >= 0.6 is 12.6 Å². The van der Waals surface area contributed by atoms with Crippen LogP contribution in [0, 0.1) is 0 Å². The predicted octanol–water partition coefficient (Wildman–Crippen LogP) is 3.06. The molecule has 5 nitrogen and oxygen atoms in total. The Hall–Kier alpha value is -2.73. The summed E-state index contributed by atoms with van der Waals surface area (Å²) in [6.45, 7) is 24.7. The second-order valence-electron chi connectivity index (χ2n) is 7.24. The zero-order valence-corrected chi connectivity index (χ0v) is 19.0. The molecule has 0 radical (unpaired) electrons. The summed E-state index contributed by atoms with van der Waals surface area (Å²) in [5.41, 5.74) is 4.74. The summed E-state index contributed by atoms with van der Waals surface area (Å²) < 4.78 is 0. The Kier molecular flexibility index (Phi) is 12.0. The van der Waals surface area contributed by atoms with Crippen molar-refractivity contribution in [2.75, 3.05) is 26.2 Å². The summed E-state index contributed by atoms with van der Waals surface area (Å²) in [4.78, 5) is 0. The summed E-state index contributed by atoms with van der Waals surface area (Å²) in [7, 11) is 0. The molecule has 0 saturated carbocycles. The zero-order valence-electron chi connectivity index (χ0n) is 18.1. The van der Waals surface area contributed by atoms with Crippen LogP contribution in [0.3, 0.4) is 0 Å². The molecular weight excluding hydrogens is 390 g/mol. The third-order valence-corrected chi connectivity index (χ3v) is 4.45. The fourth-order valence-corrected chi connectivity index (χ4v) is 2.69. The van der Waals surface area contributed by atoms with Gasteiger partial charge < -0.3 is 26.6 Å². The van der Waals surface area contributed by atoms with E-state index in [1.54, 1.807) is 6.20 Å². The minimum atomic E-state index is -0.0159. The lowest BCUT2D eigenvalue weighted by atomic mass is 10.0. The van der Waals surface area contributed by atoms with E-state index in [-0.39, 0.29) is 11.3 Å². The van der Waals surface area contributed by atoms with Gasteiger partial charge in [0, 0.05) is 34.6 Å². The molecule has 0 aliphatic heterocycles. The summed E-state index contributed by atoms with van der Waals surface area (Å²) in [5, 5.41) is 16.7. The Bertz CT molecular complexity index is 712. The molecule has 1 unspecified atom stereocenters. The van der Waals surface area contributed by atoms with Crippen molar-refractivity contribution < 1.29 is 0 Å². The van der Waals surface area contributed by atoms with E-state index in [1.807, 2.05) is 25.1 Å². The third kappa shape index (κ3) is 11.3. The van der Waals surface area contributed by atoms with Crippen molar-refractivity contribution >= 4 is 12.6 Å². The first-order valence-electron chi connectivity index (χ1n) is 10.1. The number of thiol groups is 1. The molecule has 30 heavy (non-hydrogen) atoms. The fraction of sp³-hybridized carbons (Fsp3) is 0.333. The number of benzene rings is 1. The van der Waals surface area contributed by atoms with Crippen molar-refractivity contribution in [3.05, 3.63) is 97.8 Å². The summed E-state index contributed by atoms with van der Waals surface area (Å²) in [6.07, 6.45) is 2.43. The second kappa shape index (κ2) is 14.3. The molecule has 1 rings (SSSR count). The predicted molar refractivity (Wildman–Crippen MR) is 134 cm³/mol. The molecular formula is C24H37N5S. The van der Waals surface area contributed by atoms with Gasteiger partial charge in [0.2, 0.25) is 0 Å². The maximum atomic E-state index is 4.38. The standard InChI is InChI=1S/C24H37N5S/c1-7-25-14-18(2)26-16-20(4)29-24(13-23-11-9-8-10-12-23)22(6)28-15-19(3)27-17-21(5)30/h7-12,21,24-30H,1-4,6,13-17H2,5H3/t21?,24-/m0/s1. The Morgan fingerprint density at radius 2 is 1.57 bits per heavy atom. The number of rotatable bonds is 17. The highest BCUT2D eigenvalue weighted by atomic mass is 32.1. The van der Waals surface area contributed by atoms with E-state index in [9.17, 15) is 0 Å². The van der Waals surface area contributed by atoms with Crippen LogP contribution in [0.15, 0.2) is 92.2 Å². The van der Waals surface area contributed by atoms with Gasteiger partial charge in [-0.15, -0.1) is 0 Å². The second-order valence-corrected chi connectivity index (χ2v) is 8.13. The lowest BCUT2D eigenvalue weighted by Gasteiger charge is -2.26. The van der Waals surface area contributed by atoms with Gasteiger partial charge in [0.15, 0.2) is 0 Å². The van der Waals surface area contributed by atoms with Gasteiger partial charge in [0.25, 0.3) is 0 Å². The number of hydrogen-bond donors (Lipinski definition) is 6. The van der Waals surface area contributed by atoms with Crippen molar-refractivity contribution in [2.45, 2.75) is 24.6 Å². The van der Waals surface area contributed by atoms with Gasteiger partial charge in [-0.05, 0) is 18.2 Å². The van der Waals surface area contributed by atoms with E-state index in [0.717, 1.165) is 35.8 Å². The number of nitrogens with one attached hydrogen (secondary N) is 5. The molecule has 2 atom stereocenters. The molecule has 5 N–H and O–H groups in total. The Morgan fingerprint density at radius 1 is 0.933 bits per heavy atom. The quantitative estimate of drug-likeness (QED) is 0.216. The van der Waals surface area contributed by atoms with Crippen LogP contribution in [-0.2, 0) is 6.42 Å². The molecule has 1 aromatic carbocycles. The van der Waals surface area contributed by atoms with Crippen LogP contribution < -0.4 is 26.6 Å². The topological polar surface area (TPSA) is 60.1 Å². The highest BCUT2D eigenvalue weighted by Gasteiger charge is 2.14. The van der Waals surface area contributed by atoms with E-state index < -0.39 is 0 Å². The first kappa shape index (κ1) is 25.3. The van der Waals surface area contributed by atoms with E-state index in [1.165, 1.54) is 5.56 Å². The molecule has 1 aromatic rings. The molecule has 6 heteroatoms. The van der Waals surface area contributed by atoms with Gasteiger partial charge in [-0.3, -0.25) is 0 Å². The Morgan fingerprint density at radius 3 is 2.20 bits per heavy atom. The maximum Gasteiger partial charge on any atom is 0.0691 e. The molecule has 0 aliphatic rings. The molecule has 0 amide bonds. The molecule has 0 heterocycles. The monoisotopic (exact) mass is 427 g/mol. The maximum absolute atomic E-state index is 4.38. The molecule has 164 valence electrons. The Balaban J connectivity index is 2.64. The summed E-state index contributed by atoms with van der Waals surface area (Å²) in [5.74, 6) is 0. The fourth-order valence-electron chi connectivity index (χ4n) is 2.60. The lowest BCUT2D eigenvalue weighted by Crippen LogP contribution is -2.40. The number of hydrogen-bond acceptors (Lipinski definition) is 6. The normalized spacial score (nSPS) is 12.1. The average Bonchev–Trinajstić information content (AvgIpc) is 2.73. The SMILES string of the molecule is C=CNCC(=C)NCC(=C)N[C@@H](Cc1ccccc1)C(=C)NCC(=C)NCC(C)S. The van der Waals surface area contributed by atoms with E-state index in [0.29, 0.717) is 19.6 Å². The van der Waals surface area contributed by atoms with E-state index >= 15 is 0 Å². The van der Waals surface area contributed by atoms with Crippen LogP contribution in [0.4, 0.5) is 0 Å². The summed E-state index contributed by atoms with van der Waals surface area (Å²) in [6, 6.07) is 10.3. The van der Waals surface area contributed by atoms with Gasteiger partial charge in [-0.2, -0.15) is 12.6 Å². The van der Waals surface area contributed by atoms with Crippen molar-refractivity contribution in [3.8, 4) is 0 Å². The smallest absolute Gasteiger partial charge is 0.0691 e. The van der Waals surface area contributed by atoms with Gasteiger partial charge in [-0.1, -0.05) is 70.2 Å². The van der Waals surface area contributed by atoms with Gasteiger partial charge in [0.05, 0.1) is 25.7 Å². The molecule has 0 fully saturated rings. The average molecular weight is 428 g/mol. The van der Waals surface area contributed by atoms with Gasteiger partial charge >= 0.3 is 0 Å². The Labute approximate surface area is 187 Å². The minimum absolute atomic E-state index is 0.0159. The van der Waals surface area contributed by atoms with Crippen LogP contribution in [0.5, 0.6) is 0 Å². The summed E-state index contributed by atoms with van der Waals surface area (Å²) >= 11 is 4.38.